The fraction of sp³-hybridized carbons (Fsp3) is 0.900. The quantitative estimate of drug-likeness (QED) is 0.104. The van der Waals surface area contributed by atoms with Crippen molar-refractivity contribution >= 4 is 0 Å². The summed E-state index contributed by atoms with van der Waals surface area (Å²) in [4.78, 5) is 0. The maximum Gasteiger partial charge on any atom is 3.00 e. The first kappa shape index (κ1) is 43.0. The van der Waals surface area contributed by atoms with Gasteiger partial charge in [-0.15, -0.1) is 0 Å². The van der Waals surface area contributed by atoms with Crippen LogP contribution in [0.2, 0.25) is 0 Å². The molecule has 0 aromatic carbocycles. The molecular weight excluding hydrogens is 468 g/mol. The minimum Gasteiger partial charge on any atom is -0.412 e. The van der Waals surface area contributed by atoms with Gasteiger partial charge in [-0.2, -0.15) is 19.3 Å². The third-order valence-electron chi connectivity index (χ3n) is 5.56. The van der Waals surface area contributed by atoms with E-state index in [2.05, 4.69) is 41.5 Å². The average Bonchev–Trinajstić information content (AvgIpc) is 2.77. The van der Waals surface area contributed by atoms with Crippen molar-refractivity contribution in [2.24, 2.45) is 0 Å². The maximum atomic E-state index is 3.82. The Kier molecular flexibility index (Phi) is 65.9. The summed E-state index contributed by atoms with van der Waals surface area (Å²) >= 11 is 0. The predicted molar refractivity (Wildman–Crippen MR) is 148 cm³/mol. The zero-order valence-electron chi connectivity index (χ0n) is 23.1. The Morgan fingerprint density at radius 1 is 0.312 bits per heavy atom. The summed E-state index contributed by atoms with van der Waals surface area (Å²) in [5.74, 6) is 0. The topological polar surface area (TPSA) is 31.5 Å². The van der Waals surface area contributed by atoms with Gasteiger partial charge in [0.15, 0.2) is 0 Å². The van der Waals surface area contributed by atoms with E-state index in [4.69, 9.17) is 0 Å². The van der Waals surface area contributed by atoms with Gasteiger partial charge in [-0.1, -0.05) is 156 Å². The molecule has 0 aliphatic rings. The second-order valence-corrected chi connectivity index (χ2v) is 8.92. The first-order valence-corrected chi connectivity index (χ1v) is 14.1. The Balaban J connectivity index is -0.000000110. The Hall–Kier alpha value is 0.843. The van der Waals surface area contributed by atoms with E-state index < -0.39 is 0 Å². The van der Waals surface area contributed by atoms with Gasteiger partial charge in [0, 0.05) is 0 Å². The van der Waals surface area contributed by atoms with Crippen molar-refractivity contribution in [3.05, 3.63) is 20.8 Å². The molecule has 0 aliphatic carbocycles. The van der Waals surface area contributed by atoms with Crippen molar-refractivity contribution < 1.29 is 31.7 Å². The second-order valence-electron chi connectivity index (χ2n) is 8.92. The minimum atomic E-state index is 0. The second kappa shape index (κ2) is 49.1. The van der Waals surface area contributed by atoms with E-state index in [0.717, 1.165) is 19.3 Å². The summed E-state index contributed by atoms with van der Waals surface area (Å²) in [6.45, 7) is 18.2. The van der Waals surface area contributed by atoms with Crippen molar-refractivity contribution in [1.29, 1.82) is 0 Å². The van der Waals surface area contributed by atoms with Crippen LogP contribution in [0.15, 0.2) is 0 Å². The molecule has 2 N–H and O–H groups in total. The van der Waals surface area contributed by atoms with Crippen LogP contribution in [0.3, 0.4) is 0 Å². The van der Waals surface area contributed by atoms with Gasteiger partial charge in [0.25, 0.3) is 0 Å². The molecule has 0 rings (SSSR count). The first-order chi connectivity index (χ1) is 14.7. The maximum absolute atomic E-state index is 3.82. The van der Waals surface area contributed by atoms with Crippen LogP contribution in [0, 0.1) is 20.8 Å². The Bertz CT molecular complexity index is 171. The van der Waals surface area contributed by atoms with E-state index in [1.165, 1.54) is 135 Å². The summed E-state index contributed by atoms with van der Waals surface area (Å²) in [5, 5.41) is 0. The van der Waals surface area contributed by atoms with Crippen LogP contribution < -0.4 is 0 Å². The number of hydrogen-bond acceptors (Lipinski definition) is 0. The summed E-state index contributed by atoms with van der Waals surface area (Å²) in [7, 11) is 0. The minimum absolute atomic E-state index is 0. The van der Waals surface area contributed by atoms with Crippen molar-refractivity contribution in [2.75, 3.05) is 0 Å². The van der Waals surface area contributed by atoms with Gasteiger partial charge >= 0.3 is 26.2 Å². The van der Waals surface area contributed by atoms with Crippen LogP contribution in [0.1, 0.15) is 175 Å². The molecule has 0 heterocycles. The molecule has 0 aromatic rings. The first-order valence-electron chi connectivity index (χ1n) is 14.1. The fourth-order valence-corrected chi connectivity index (χ4v) is 3.40. The number of rotatable bonds is 21. The Labute approximate surface area is 226 Å². The summed E-state index contributed by atoms with van der Waals surface area (Å²) in [6, 6.07) is 0. The average molecular weight is 533 g/mol. The molecule has 0 saturated heterocycles. The van der Waals surface area contributed by atoms with Crippen LogP contribution in [0.4, 0.5) is 0 Å². The third kappa shape index (κ3) is 57.6. The van der Waals surface area contributed by atoms with Gasteiger partial charge in [0.1, 0.15) is 0 Å². The summed E-state index contributed by atoms with van der Waals surface area (Å²) in [5.41, 5.74) is 0. The molecule has 0 saturated carbocycles. The monoisotopic (exact) mass is 531 g/mol. The largest absolute Gasteiger partial charge is 3.00 e. The molecule has 0 aliphatic heterocycles. The molecule has 0 spiro atoms. The van der Waals surface area contributed by atoms with Gasteiger partial charge in [-0.05, 0) is 0 Å². The standard InChI is InChI=1S/3C10H21.H2O.Zr/c3*1-3-5-7-9-10-8-6-4-2;;/h3*1,3-10H2,2H3;1H2;/q3*-1;;+3. The third-order valence-corrected chi connectivity index (χ3v) is 5.56. The summed E-state index contributed by atoms with van der Waals surface area (Å²) in [6.07, 6.45) is 32.8. The molecule has 0 amide bonds. The van der Waals surface area contributed by atoms with Crippen molar-refractivity contribution in [1.82, 2.24) is 0 Å². The molecule has 0 fully saturated rings. The Morgan fingerprint density at radius 3 is 0.625 bits per heavy atom. The predicted octanol–water partition coefficient (Wildman–Crippen LogP) is 11.1. The van der Waals surface area contributed by atoms with Gasteiger partial charge < -0.3 is 26.2 Å². The SMILES string of the molecule is O.[CH2-]CCCCCCCCC.[CH2-]CCCCCCCCC.[CH2-]CCCCCCCCC.[Zr+3]. The smallest absolute Gasteiger partial charge is 0.412 e. The van der Waals surface area contributed by atoms with Gasteiger partial charge in [-0.3, -0.25) is 0 Å². The van der Waals surface area contributed by atoms with E-state index in [-0.39, 0.29) is 31.7 Å². The van der Waals surface area contributed by atoms with Crippen LogP contribution >= 0.6 is 0 Å². The molecule has 195 valence electrons. The fourth-order valence-electron chi connectivity index (χ4n) is 3.40. The van der Waals surface area contributed by atoms with E-state index in [1.807, 2.05) is 0 Å². The number of hydrogen-bond donors (Lipinski definition) is 0. The van der Waals surface area contributed by atoms with Crippen molar-refractivity contribution in [3.8, 4) is 0 Å². The molecular formula is C30H65OZr. The van der Waals surface area contributed by atoms with Crippen molar-refractivity contribution in [2.45, 2.75) is 175 Å². The number of unbranched alkanes of at least 4 members (excludes halogenated alkanes) is 21. The van der Waals surface area contributed by atoms with Crippen LogP contribution in [-0.2, 0) is 26.2 Å². The van der Waals surface area contributed by atoms with E-state index in [1.54, 1.807) is 0 Å². The van der Waals surface area contributed by atoms with Gasteiger partial charge in [-0.25, -0.2) is 0 Å². The van der Waals surface area contributed by atoms with Crippen LogP contribution in [0.25, 0.3) is 0 Å². The van der Waals surface area contributed by atoms with Gasteiger partial charge in [0.2, 0.25) is 0 Å². The molecule has 1 nitrogen and oxygen atoms in total. The molecule has 0 atom stereocenters. The molecule has 0 bridgehead atoms. The zero-order valence-corrected chi connectivity index (χ0v) is 25.5. The molecule has 1 radical (unpaired) electrons. The zero-order chi connectivity index (χ0) is 23.0. The van der Waals surface area contributed by atoms with Crippen LogP contribution in [-0.4, -0.2) is 5.48 Å². The molecule has 2 heteroatoms. The summed E-state index contributed by atoms with van der Waals surface area (Å²) < 4.78 is 0. The molecule has 0 aromatic heterocycles. The van der Waals surface area contributed by atoms with Crippen molar-refractivity contribution in [3.63, 3.8) is 0 Å². The van der Waals surface area contributed by atoms with Crippen LogP contribution in [0.5, 0.6) is 0 Å². The van der Waals surface area contributed by atoms with E-state index in [9.17, 15) is 0 Å². The molecule has 32 heavy (non-hydrogen) atoms. The van der Waals surface area contributed by atoms with E-state index in [0.29, 0.717) is 0 Å². The molecule has 0 unspecified atom stereocenters. The van der Waals surface area contributed by atoms with E-state index >= 15 is 0 Å². The van der Waals surface area contributed by atoms with Gasteiger partial charge in [0.05, 0.1) is 0 Å². The Morgan fingerprint density at radius 2 is 0.469 bits per heavy atom. The normalized spacial score (nSPS) is 9.56.